The smallest absolute Gasteiger partial charge is 0.410 e. The van der Waals surface area contributed by atoms with E-state index in [2.05, 4.69) is 0 Å². The maximum absolute atomic E-state index is 12.1. The fourth-order valence-corrected chi connectivity index (χ4v) is 2.87. The lowest BCUT2D eigenvalue weighted by atomic mass is 10.1. The standard InChI is InChI=1S/C20H29NO6/c1-20(2,3)27-19(23)21-12-10-16(11-13-21)26-15-8-6-14(7-9-15)17(24-4)18(22)25-5/h6-9,16-17H,10-13H2,1-5H3. The van der Waals surface area contributed by atoms with Gasteiger partial charge in [0, 0.05) is 33.0 Å². The second kappa shape index (κ2) is 9.08. The van der Waals surface area contributed by atoms with Gasteiger partial charge in [-0.15, -0.1) is 0 Å². The van der Waals surface area contributed by atoms with Crippen LogP contribution in [-0.2, 0) is 19.0 Å². The first-order valence-corrected chi connectivity index (χ1v) is 9.08. The predicted octanol–water partition coefficient (Wildman–Crippen LogP) is 3.33. The maximum atomic E-state index is 12.1. The van der Waals surface area contributed by atoms with Crippen LogP contribution in [0.1, 0.15) is 45.3 Å². The van der Waals surface area contributed by atoms with E-state index >= 15 is 0 Å². The Balaban J connectivity index is 1.87. The molecule has 0 N–H and O–H groups in total. The van der Waals surface area contributed by atoms with Crippen molar-refractivity contribution in [2.45, 2.75) is 51.4 Å². The summed E-state index contributed by atoms with van der Waals surface area (Å²) < 4.78 is 21.3. The van der Waals surface area contributed by atoms with E-state index in [-0.39, 0.29) is 12.2 Å². The van der Waals surface area contributed by atoms with Crippen LogP contribution in [0.3, 0.4) is 0 Å². The SMILES string of the molecule is COC(=O)C(OC)c1ccc(OC2CCN(C(=O)OC(C)(C)C)CC2)cc1. The van der Waals surface area contributed by atoms with Crippen molar-refractivity contribution in [2.24, 2.45) is 0 Å². The number of carbonyl (C=O) groups excluding carboxylic acids is 2. The molecule has 1 unspecified atom stereocenters. The molecule has 0 aliphatic carbocycles. The third-order valence-electron chi connectivity index (χ3n) is 4.23. The van der Waals surface area contributed by atoms with Crippen LogP contribution in [0, 0.1) is 0 Å². The highest BCUT2D eigenvalue weighted by molar-refractivity contribution is 5.76. The molecular formula is C20H29NO6. The predicted molar refractivity (Wildman–Crippen MR) is 99.7 cm³/mol. The molecule has 1 atom stereocenters. The molecule has 7 nitrogen and oxygen atoms in total. The molecule has 1 fully saturated rings. The zero-order valence-electron chi connectivity index (χ0n) is 16.7. The number of benzene rings is 1. The number of hydrogen-bond donors (Lipinski definition) is 0. The molecule has 1 aliphatic rings. The largest absolute Gasteiger partial charge is 0.490 e. The minimum atomic E-state index is -0.749. The van der Waals surface area contributed by atoms with Crippen molar-refractivity contribution in [1.82, 2.24) is 4.90 Å². The average Bonchev–Trinajstić information content (AvgIpc) is 2.62. The third-order valence-corrected chi connectivity index (χ3v) is 4.23. The Hall–Kier alpha value is -2.28. The van der Waals surface area contributed by atoms with Crippen LogP contribution < -0.4 is 4.74 Å². The van der Waals surface area contributed by atoms with Crippen LogP contribution in [-0.4, -0.2) is 56.0 Å². The van der Waals surface area contributed by atoms with Gasteiger partial charge < -0.3 is 23.8 Å². The topological polar surface area (TPSA) is 74.3 Å². The Morgan fingerprint density at radius 3 is 2.15 bits per heavy atom. The van der Waals surface area contributed by atoms with E-state index in [4.69, 9.17) is 18.9 Å². The summed E-state index contributed by atoms with van der Waals surface area (Å²) in [6, 6.07) is 7.20. The Labute approximate surface area is 160 Å². The number of piperidine rings is 1. The number of methoxy groups -OCH3 is 2. The van der Waals surface area contributed by atoms with Gasteiger partial charge in [0.1, 0.15) is 17.5 Å². The van der Waals surface area contributed by atoms with Crippen molar-refractivity contribution in [3.05, 3.63) is 29.8 Å². The van der Waals surface area contributed by atoms with Gasteiger partial charge in [-0.3, -0.25) is 0 Å². The summed E-state index contributed by atoms with van der Waals surface area (Å²) in [6.07, 6.45) is 0.487. The van der Waals surface area contributed by atoms with Crippen LogP contribution in [0.15, 0.2) is 24.3 Å². The van der Waals surface area contributed by atoms with Gasteiger partial charge in [0.15, 0.2) is 6.10 Å². The van der Waals surface area contributed by atoms with Gasteiger partial charge in [0.05, 0.1) is 7.11 Å². The molecule has 1 aromatic carbocycles. The zero-order chi connectivity index (χ0) is 20.0. The quantitative estimate of drug-likeness (QED) is 0.731. The van der Waals surface area contributed by atoms with E-state index < -0.39 is 17.7 Å². The van der Waals surface area contributed by atoms with Gasteiger partial charge in [-0.1, -0.05) is 12.1 Å². The highest BCUT2D eigenvalue weighted by Gasteiger charge is 2.28. The summed E-state index contributed by atoms with van der Waals surface area (Å²) in [7, 11) is 2.79. The highest BCUT2D eigenvalue weighted by Crippen LogP contribution is 2.24. The number of amides is 1. The Morgan fingerprint density at radius 2 is 1.67 bits per heavy atom. The lowest BCUT2D eigenvalue weighted by molar-refractivity contribution is -0.152. The maximum Gasteiger partial charge on any atom is 0.410 e. The van der Waals surface area contributed by atoms with Crippen LogP contribution in [0.25, 0.3) is 0 Å². The van der Waals surface area contributed by atoms with Crippen molar-refractivity contribution >= 4 is 12.1 Å². The Kier molecular flexibility index (Phi) is 7.07. The van der Waals surface area contributed by atoms with E-state index in [0.717, 1.165) is 12.8 Å². The van der Waals surface area contributed by atoms with Crippen molar-refractivity contribution < 1.29 is 28.5 Å². The Bertz CT molecular complexity index is 629. The molecule has 1 heterocycles. The summed E-state index contributed by atoms with van der Waals surface area (Å²) in [6.45, 7) is 6.79. The van der Waals surface area contributed by atoms with Gasteiger partial charge in [-0.05, 0) is 38.5 Å². The van der Waals surface area contributed by atoms with Crippen molar-refractivity contribution in [3.63, 3.8) is 0 Å². The van der Waals surface area contributed by atoms with Gasteiger partial charge in [-0.2, -0.15) is 0 Å². The van der Waals surface area contributed by atoms with Gasteiger partial charge >= 0.3 is 12.1 Å². The second-order valence-electron chi connectivity index (χ2n) is 7.49. The Morgan fingerprint density at radius 1 is 1.07 bits per heavy atom. The van der Waals surface area contributed by atoms with E-state index in [9.17, 15) is 9.59 Å². The molecular weight excluding hydrogens is 350 g/mol. The van der Waals surface area contributed by atoms with Crippen LogP contribution in [0.4, 0.5) is 4.79 Å². The minimum Gasteiger partial charge on any atom is -0.490 e. The molecule has 1 saturated heterocycles. The first-order valence-electron chi connectivity index (χ1n) is 9.08. The summed E-state index contributed by atoms with van der Waals surface area (Å²) in [5.74, 6) is 0.273. The second-order valence-corrected chi connectivity index (χ2v) is 7.49. The van der Waals surface area contributed by atoms with Gasteiger partial charge in [0.2, 0.25) is 0 Å². The van der Waals surface area contributed by atoms with Crippen LogP contribution >= 0.6 is 0 Å². The molecule has 2 rings (SSSR count). The molecule has 1 amide bonds. The van der Waals surface area contributed by atoms with E-state index in [1.807, 2.05) is 32.9 Å². The number of nitrogens with zero attached hydrogens (tertiary/aromatic N) is 1. The normalized spacial score (nSPS) is 16.6. The number of carbonyl (C=O) groups is 2. The third kappa shape index (κ3) is 6.13. The monoisotopic (exact) mass is 379 g/mol. The molecule has 0 saturated carbocycles. The molecule has 0 radical (unpaired) electrons. The molecule has 0 bridgehead atoms. The fraction of sp³-hybridized carbons (Fsp3) is 0.600. The molecule has 0 spiro atoms. The van der Waals surface area contributed by atoms with Crippen LogP contribution in [0.5, 0.6) is 5.75 Å². The minimum absolute atomic E-state index is 0.0355. The first kappa shape index (κ1) is 21.0. The average molecular weight is 379 g/mol. The molecule has 1 aliphatic heterocycles. The summed E-state index contributed by atoms with van der Waals surface area (Å²) >= 11 is 0. The molecule has 7 heteroatoms. The van der Waals surface area contributed by atoms with Gasteiger partial charge in [0.25, 0.3) is 0 Å². The number of hydrogen-bond acceptors (Lipinski definition) is 6. The molecule has 27 heavy (non-hydrogen) atoms. The lowest BCUT2D eigenvalue weighted by Crippen LogP contribution is -2.44. The summed E-state index contributed by atoms with van der Waals surface area (Å²) in [5, 5.41) is 0. The number of likely N-dealkylation sites (tertiary alicyclic amines) is 1. The highest BCUT2D eigenvalue weighted by atomic mass is 16.6. The molecule has 1 aromatic rings. The van der Waals surface area contributed by atoms with Crippen molar-refractivity contribution in [1.29, 1.82) is 0 Å². The van der Waals surface area contributed by atoms with Crippen molar-refractivity contribution in [2.75, 3.05) is 27.3 Å². The lowest BCUT2D eigenvalue weighted by Gasteiger charge is -2.33. The van der Waals surface area contributed by atoms with Crippen molar-refractivity contribution in [3.8, 4) is 5.75 Å². The number of ether oxygens (including phenoxy) is 4. The summed E-state index contributed by atoms with van der Waals surface area (Å²) in [4.78, 5) is 25.5. The number of esters is 1. The summed E-state index contributed by atoms with van der Waals surface area (Å²) in [5.41, 5.74) is 0.215. The number of rotatable bonds is 5. The molecule has 0 aromatic heterocycles. The van der Waals surface area contributed by atoms with E-state index in [0.29, 0.717) is 24.4 Å². The van der Waals surface area contributed by atoms with Gasteiger partial charge in [-0.25, -0.2) is 9.59 Å². The van der Waals surface area contributed by atoms with E-state index in [1.54, 1.807) is 17.0 Å². The first-order chi connectivity index (χ1) is 12.7. The molecule has 150 valence electrons. The zero-order valence-corrected chi connectivity index (χ0v) is 16.7. The fourth-order valence-electron chi connectivity index (χ4n) is 2.87. The van der Waals surface area contributed by atoms with E-state index in [1.165, 1.54) is 14.2 Å². The van der Waals surface area contributed by atoms with Crippen LogP contribution in [0.2, 0.25) is 0 Å².